The highest BCUT2D eigenvalue weighted by Gasteiger charge is 2.14. The van der Waals surface area contributed by atoms with E-state index in [2.05, 4.69) is 0 Å². The molecule has 2 aromatic carbocycles. The number of nitrogen functional groups attached to an aromatic ring is 1. The first kappa shape index (κ1) is 12.6. The normalized spacial score (nSPS) is 11.3. The SMILES string of the molecule is Nc1ccc(S(=O)(=O)OCc2ccccc2)cc1. The Bertz CT molecular complexity index is 606. The average Bonchev–Trinajstić information content (AvgIpc) is 2.38. The van der Waals surface area contributed by atoms with Gasteiger partial charge in [-0.1, -0.05) is 30.3 Å². The molecule has 0 spiro atoms. The third-order valence-electron chi connectivity index (χ3n) is 2.39. The van der Waals surface area contributed by atoms with Crippen LogP contribution < -0.4 is 5.73 Å². The van der Waals surface area contributed by atoms with Crippen molar-refractivity contribution in [2.75, 3.05) is 5.73 Å². The molecular weight excluding hydrogens is 250 g/mol. The highest BCUT2D eigenvalue weighted by molar-refractivity contribution is 7.86. The van der Waals surface area contributed by atoms with Crippen LogP contribution in [0.1, 0.15) is 5.56 Å². The highest BCUT2D eigenvalue weighted by atomic mass is 32.2. The third kappa shape index (κ3) is 3.09. The van der Waals surface area contributed by atoms with E-state index in [-0.39, 0.29) is 11.5 Å². The van der Waals surface area contributed by atoms with E-state index in [1.807, 2.05) is 18.2 Å². The number of rotatable bonds is 4. The van der Waals surface area contributed by atoms with Gasteiger partial charge in [0.05, 0.1) is 11.5 Å². The smallest absolute Gasteiger partial charge is 0.297 e. The third-order valence-corrected chi connectivity index (χ3v) is 3.67. The van der Waals surface area contributed by atoms with Crippen molar-refractivity contribution in [2.45, 2.75) is 11.5 Å². The van der Waals surface area contributed by atoms with Crippen LogP contribution in [-0.4, -0.2) is 8.42 Å². The summed E-state index contributed by atoms with van der Waals surface area (Å²) in [5, 5.41) is 0. The van der Waals surface area contributed by atoms with Gasteiger partial charge in [-0.05, 0) is 29.8 Å². The van der Waals surface area contributed by atoms with Crippen LogP contribution >= 0.6 is 0 Å². The van der Waals surface area contributed by atoms with Crippen molar-refractivity contribution in [1.82, 2.24) is 0 Å². The average molecular weight is 263 g/mol. The molecule has 0 fully saturated rings. The molecular formula is C13H13NO3S. The maximum absolute atomic E-state index is 11.9. The molecule has 0 aliphatic heterocycles. The van der Waals surface area contributed by atoms with E-state index in [1.54, 1.807) is 12.1 Å². The van der Waals surface area contributed by atoms with Crippen molar-refractivity contribution in [3.05, 3.63) is 60.2 Å². The fourth-order valence-electron chi connectivity index (χ4n) is 1.42. The second kappa shape index (κ2) is 5.20. The van der Waals surface area contributed by atoms with Crippen LogP contribution in [0.2, 0.25) is 0 Å². The van der Waals surface area contributed by atoms with Crippen LogP contribution in [0.3, 0.4) is 0 Å². The molecule has 2 rings (SSSR count). The van der Waals surface area contributed by atoms with Gasteiger partial charge in [-0.3, -0.25) is 4.18 Å². The lowest BCUT2D eigenvalue weighted by Crippen LogP contribution is -2.06. The van der Waals surface area contributed by atoms with Gasteiger partial charge in [0, 0.05) is 5.69 Å². The summed E-state index contributed by atoms with van der Waals surface area (Å²) in [5.74, 6) is 0. The number of nitrogens with two attached hydrogens (primary N) is 1. The molecule has 0 aromatic heterocycles. The summed E-state index contributed by atoms with van der Waals surface area (Å²) in [6, 6.07) is 15.0. The Morgan fingerprint density at radius 3 is 2.17 bits per heavy atom. The van der Waals surface area contributed by atoms with Gasteiger partial charge in [-0.15, -0.1) is 0 Å². The first-order chi connectivity index (χ1) is 8.58. The van der Waals surface area contributed by atoms with E-state index < -0.39 is 10.1 Å². The van der Waals surface area contributed by atoms with Crippen molar-refractivity contribution in [1.29, 1.82) is 0 Å². The second-order valence-corrected chi connectivity index (χ2v) is 5.39. The molecule has 0 unspecified atom stereocenters. The van der Waals surface area contributed by atoms with Crippen LogP contribution in [0.15, 0.2) is 59.5 Å². The maximum atomic E-state index is 11.9. The second-order valence-electron chi connectivity index (χ2n) is 3.77. The minimum atomic E-state index is -3.73. The lowest BCUT2D eigenvalue weighted by Gasteiger charge is -2.05. The fraction of sp³-hybridized carbons (Fsp3) is 0.0769. The van der Waals surface area contributed by atoms with Gasteiger partial charge in [-0.2, -0.15) is 8.42 Å². The summed E-state index contributed by atoms with van der Waals surface area (Å²) in [4.78, 5) is 0.104. The van der Waals surface area contributed by atoms with E-state index in [1.165, 1.54) is 24.3 Å². The minimum Gasteiger partial charge on any atom is -0.399 e. The van der Waals surface area contributed by atoms with E-state index in [9.17, 15) is 8.42 Å². The molecule has 4 nitrogen and oxygen atoms in total. The zero-order valence-electron chi connectivity index (χ0n) is 9.61. The molecule has 0 aliphatic rings. The quantitative estimate of drug-likeness (QED) is 0.678. The first-order valence-corrected chi connectivity index (χ1v) is 6.78. The molecule has 94 valence electrons. The lowest BCUT2D eigenvalue weighted by molar-refractivity contribution is 0.308. The molecule has 0 atom stereocenters. The Kier molecular flexibility index (Phi) is 3.64. The van der Waals surface area contributed by atoms with Crippen LogP contribution in [0, 0.1) is 0 Å². The van der Waals surface area contributed by atoms with Gasteiger partial charge in [0.15, 0.2) is 0 Å². The highest BCUT2D eigenvalue weighted by Crippen LogP contribution is 2.16. The van der Waals surface area contributed by atoms with Gasteiger partial charge in [0.25, 0.3) is 10.1 Å². The van der Waals surface area contributed by atoms with Crippen molar-refractivity contribution in [3.8, 4) is 0 Å². The van der Waals surface area contributed by atoms with Crippen LogP contribution in [0.5, 0.6) is 0 Å². The summed E-state index contributed by atoms with van der Waals surface area (Å²) in [7, 11) is -3.73. The van der Waals surface area contributed by atoms with Gasteiger partial charge < -0.3 is 5.73 Å². The van der Waals surface area contributed by atoms with Crippen LogP contribution in [-0.2, 0) is 20.9 Å². The summed E-state index contributed by atoms with van der Waals surface area (Å²) < 4.78 is 28.7. The number of anilines is 1. The summed E-state index contributed by atoms with van der Waals surface area (Å²) in [6.45, 7) is 0.0214. The Balaban J connectivity index is 2.11. The molecule has 5 heteroatoms. The van der Waals surface area contributed by atoms with Gasteiger partial charge in [0.1, 0.15) is 0 Å². The Morgan fingerprint density at radius 1 is 0.944 bits per heavy atom. The lowest BCUT2D eigenvalue weighted by atomic mass is 10.2. The molecule has 2 aromatic rings. The summed E-state index contributed by atoms with van der Waals surface area (Å²) in [5.41, 5.74) is 6.81. The standard InChI is InChI=1S/C13H13NO3S/c14-12-6-8-13(9-7-12)18(15,16)17-10-11-4-2-1-3-5-11/h1-9H,10,14H2. The predicted octanol–water partition coefficient (Wildman–Crippen LogP) is 2.17. The monoisotopic (exact) mass is 263 g/mol. The molecule has 18 heavy (non-hydrogen) atoms. The topological polar surface area (TPSA) is 69.4 Å². The van der Waals surface area contributed by atoms with Gasteiger partial charge >= 0.3 is 0 Å². The molecule has 0 heterocycles. The molecule has 0 saturated carbocycles. The molecule has 2 N–H and O–H groups in total. The van der Waals surface area contributed by atoms with Crippen molar-refractivity contribution < 1.29 is 12.6 Å². The summed E-state index contributed by atoms with van der Waals surface area (Å²) >= 11 is 0. The van der Waals surface area contributed by atoms with Crippen LogP contribution in [0.4, 0.5) is 5.69 Å². The van der Waals surface area contributed by atoms with E-state index in [0.29, 0.717) is 5.69 Å². The van der Waals surface area contributed by atoms with Crippen molar-refractivity contribution in [3.63, 3.8) is 0 Å². The Hall–Kier alpha value is -1.85. The zero-order valence-corrected chi connectivity index (χ0v) is 10.4. The Morgan fingerprint density at radius 2 is 1.56 bits per heavy atom. The Labute approximate surface area is 106 Å². The number of hydrogen-bond acceptors (Lipinski definition) is 4. The van der Waals surface area contributed by atoms with E-state index >= 15 is 0 Å². The molecule has 0 saturated heterocycles. The van der Waals surface area contributed by atoms with Crippen molar-refractivity contribution >= 4 is 15.8 Å². The number of benzene rings is 2. The minimum absolute atomic E-state index is 0.0214. The molecule has 0 radical (unpaired) electrons. The molecule has 0 bridgehead atoms. The first-order valence-electron chi connectivity index (χ1n) is 5.37. The predicted molar refractivity (Wildman–Crippen MR) is 69.3 cm³/mol. The molecule has 0 aliphatic carbocycles. The summed E-state index contributed by atoms with van der Waals surface area (Å²) in [6.07, 6.45) is 0. The van der Waals surface area contributed by atoms with Gasteiger partial charge in [-0.25, -0.2) is 0 Å². The fourth-order valence-corrected chi connectivity index (χ4v) is 2.32. The van der Waals surface area contributed by atoms with E-state index in [4.69, 9.17) is 9.92 Å². The largest absolute Gasteiger partial charge is 0.399 e. The van der Waals surface area contributed by atoms with Crippen molar-refractivity contribution in [2.24, 2.45) is 0 Å². The molecule has 0 amide bonds. The maximum Gasteiger partial charge on any atom is 0.297 e. The zero-order chi connectivity index (χ0) is 13.0. The van der Waals surface area contributed by atoms with Crippen LogP contribution in [0.25, 0.3) is 0 Å². The van der Waals surface area contributed by atoms with Gasteiger partial charge in [0.2, 0.25) is 0 Å². The number of hydrogen-bond donors (Lipinski definition) is 1. The van der Waals surface area contributed by atoms with E-state index in [0.717, 1.165) is 5.56 Å².